The van der Waals surface area contributed by atoms with Gasteiger partial charge in [0.15, 0.2) is 0 Å². The molecule has 94 valence electrons. The molecule has 0 aliphatic heterocycles. The fourth-order valence-electron chi connectivity index (χ4n) is 1.85. The van der Waals surface area contributed by atoms with Crippen LogP contribution in [0.5, 0.6) is 0 Å². The van der Waals surface area contributed by atoms with Crippen molar-refractivity contribution < 1.29 is 4.79 Å². The number of aromatic nitrogens is 1. The number of ketones is 1. The summed E-state index contributed by atoms with van der Waals surface area (Å²) < 4.78 is 0. The molecule has 0 amide bonds. The minimum atomic E-state index is -0.00680. The minimum Gasteiger partial charge on any atom is -0.330 e. The molecule has 0 fully saturated rings. The van der Waals surface area contributed by atoms with Gasteiger partial charge in [-0.3, -0.25) is 9.78 Å². The number of pyridine rings is 1. The molecule has 0 bridgehead atoms. The maximum atomic E-state index is 12.0. The van der Waals surface area contributed by atoms with Gasteiger partial charge in [0.2, 0.25) is 0 Å². The van der Waals surface area contributed by atoms with Gasteiger partial charge in [0.1, 0.15) is 5.78 Å². The van der Waals surface area contributed by atoms with E-state index in [9.17, 15) is 4.79 Å². The number of aryl methyl sites for hydroxylation is 1. The van der Waals surface area contributed by atoms with Crippen molar-refractivity contribution >= 4 is 5.78 Å². The van der Waals surface area contributed by atoms with Gasteiger partial charge in [0, 0.05) is 30.8 Å². The van der Waals surface area contributed by atoms with Crippen molar-refractivity contribution in [3.05, 3.63) is 29.6 Å². The van der Waals surface area contributed by atoms with Crippen molar-refractivity contribution in [1.82, 2.24) is 4.98 Å². The molecule has 0 saturated carbocycles. The summed E-state index contributed by atoms with van der Waals surface area (Å²) in [6.07, 6.45) is 5.10. The van der Waals surface area contributed by atoms with Crippen molar-refractivity contribution in [2.45, 2.75) is 39.5 Å². The van der Waals surface area contributed by atoms with Gasteiger partial charge in [-0.15, -0.1) is 0 Å². The van der Waals surface area contributed by atoms with E-state index in [2.05, 4.69) is 18.8 Å². The first-order valence-corrected chi connectivity index (χ1v) is 6.37. The van der Waals surface area contributed by atoms with Gasteiger partial charge in [-0.2, -0.15) is 0 Å². The van der Waals surface area contributed by atoms with Crippen LogP contribution in [0.25, 0.3) is 0 Å². The van der Waals surface area contributed by atoms with Crippen molar-refractivity contribution in [3.8, 4) is 0 Å². The summed E-state index contributed by atoms with van der Waals surface area (Å²) in [5.41, 5.74) is 7.67. The maximum Gasteiger partial charge on any atom is 0.143 e. The summed E-state index contributed by atoms with van der Waals surface area (Å²) in [5.74, 6) is 0.207. The minimum absolute atomic E-state index is 0.00680. The molecule has 0 aromatic carbocycles. The molecule has 0 saturated heterocycles. The Bertz CT molecular complexity index is 346. The van der Waals surface area contributed by atoms with Crippen LogP contribution in [0.4, 0.5) is 0 Å². The number of hydrogen-bond donors (Lipinski definition) is 1. The van der Waals surface area contributed by atoms with Crippen LogP contribution in [-0.4, -0.2) is 17.3 Å². The zero-order valence-corrected chi connectivity index (χ0v) is 10.8. The van der Waals surface area contributed by atoms with Crippen LogP contribution in [0.15, 0.2) is 18.3 Å². The summed E-state index contributed by atoms with van der Waals surface area (Å²) in [6, 6.07) is 3.98. The van der Waals surface area contributed by atoms with Gasteiger partial charge in [-0.25, -0.2) is 0 Å². The summed E-state index contributed by atoms with van der Waals surface area (Å²) in [7, 11) is 0. The summed E-state index contributed by atoms with van der Waals surface area (Å²) in [5, 5.41) is 0. The lowest BCUT2D eigenvalue weighted by Crippen LogP contribution is -2.25. The molecule has 1 aromatic heterocycles. The largest absolute Gasteiger partial charge is 0.330 e. The smallest absolute Gasteiger partial charge is 0.143 e. The van der Waals surface area contributed by atoms with Crippen LogP contribution in [0.1, 0.15) is 37.9 Å². The average Bonchev–Trinajstić information content (AvgIpc) is 2.36. The van der Waals surface area contributed by atoms with E-state index in [1.165, 1.54) is 5.56 Å². The van der Waals surface area contributed by atoms with E-state index < -0.39 is 0 Å². The third-order valence-corrected chi connectivity index (χ3v) is 3.03. The molecule has 0 spiro atoms. The molecule has 0 aliphatic rings. The van der Waals surface area contributed by atoms with Gasteiger partial charge < -0.3 is 5.73 Å². The predicted octanol–water partition coefficient (Wildman–Crippen LogP) is 2.13. The maximum absolute atomic E-state index is 12.0. The van der Waals surface area contributed by atoms with Crippen LogP contribution in [0, 0.1) is 5.92 Å². The Labute approximate surface area is 103 Å². The molecule has 17 heavy (non-hydrogen) atoms. The monoisotopic (exact) mass is 234 g/mol. The topological polar surface area (TPSA) is 56.0 Å². The Hall–Kier alpha value is -1.22. The molecular formula is C14H22N2O. The van der Waals surface area contributed by atoms with E-state index in [4.69, 9.17) is 5.73 Å². The van der Waals surface area contributed by atoms with Gasteiger partial charge >= 0.3 is 0 Å². The SMILES string of the molecule is CCCC(CN)C(=O)Cc1ccc(CC)cn1. The predicted molar refractivity (Wildman–Crippen MR) is 69.8 cm³/mol. The Morgan fingerprint density at radius 3 is 2.65 bits per heavy atom. The summed E-state index contributed by atoms with van der Waals surface area (Å²) in [6.45, 7) is 4.61. The van der Waals surface area contributed by atoms with E-state index >= 15 is 0 Å². The van der Waals surface area contributed by atoms with Crippen LogP contribution in [0.3, 0.4) is 0 Å². The highest BCUT2D eigenvalue weighted by molar-refractivity contribution is 5.83. The zero-order valence-electron chi connectivity index (χ0n) is 10.8. The Morgan fingerprint density at radius 2 is 2.18 bits per heavy atom. The number of nitrogens with zero attached hydrogens (tertiary/aromatic N) is 1. The van der Waals surface area contributed by atoms with Crippen LogP contribution in [0.2, 0.25) is 0 Å². The Balaban J connectivity index is 2.59. The third-order valence-electron chi connectivity index (χ3n) is 3.03. The van der Waals surface area contributed by atoms with E-state index in [1.54, 1.807) is 0 Å². The van der Waals surface area contributed by atoms with Crippen molar-refractivity contribution in [2.75, 3.05) is 6.54 Å². The van der Waals surface area contributed by atoms with E-state index in [1.807, 2.05) is 18.3 Å². The van der Waals surface area contributed by atoms with Crippen LogP contribution < -0.4 is 5.73 Å². The molecule has 1 aromatic rings. The molecule has 1 heterocycles. The van der Waals surface area contributed by atoms with Crippen LogP contribution in [-0.2, 0) is 17.6 Å². The fourth-order valence-corrected chi connectivity index (χ4v) is 1.85. The van der Waals surface area contributed by atoms with E-state index in [0.29, 0.717) is 13.0 Å². The first-order valence-electron chi connectivity index (χ1n) is 6.37. The number of rotatable bonds is 7. The molecule has 3 nitrogen and oxygen atoms in total. The van der Waals surface area contributed by atoms with Gasteiger partial charge in [0.25, 0.3) is 0 Å². The molecule has 3 heteroatoms. The molecule has 1 unspecified atom stereocenters. The number of carbonyl (C=O) groups excluding carboxylic acids is 1. The Kier molecular flexibility index (Phi) is 5.84. The van der Waals surface area contributed by atoms with E-state index in [-0.39, 0.29) is 11.7 Å². The van der Waals surface area contributed by atoms with Gasteiger partial charge in [0.05, 0.1) is 0 Å². The highest BCUT2D eigenvalue weighted by atomic mass is 16.1. The first-order chi connectivity index (χ1) is 8.21. The van der Waals surface area contributed by atoms with Crippen molar-refractivity contribution in [2.24, 2.45) is 11.7 Å². The number of hydrogen-bond acceptors (Lipinski definition) is 3. The lowest BCUT2D eigenvalue weighted by molar-refractivity contribution is -0.122. The molecular weight excluding hydrogens is 212 g/mol. The van der Waals surface area contributed by atoms with Gasteiger partial charge in [-0.05, 0) is 24.5 Å². The normalized spacial score (nSPS) is 12.4. The molecule has 1 rings (SSSR count). The number of nitrogens with two attached hydrogens (primary N) is 1. The fraction of sp³-hybridized carbons (Fsp3) is 0.571. The second kappa shape index (κ2) is 7.17. The molecule has 0 aliphatic carbocycles. The Morgan fingerprint density at radius 1 is 1.41 bits per heavy atom. The summed E-state index contributed by atoms with van der Waals surface area (Å²) >= 11 is 0. The zero-order chi connectivity index (χ0) is 12.7. The van der Waals surface area contributed by atoms with Crippen molar-refractivity contribution in [3.63, 3.8) is 0 Å². The second-order valence-electron chi connectivity index (χ2n) is 4.38. The number of Topliss-reactive ketones (excluding diaryl/α,β-unsaturated/α-hetero) is 1. The highest BCUT2D eigenvalue weighted by Crippen LogP contribution is 2.10. The quantitative estimate of drug-likeness (QED) is 0.786. The lowest BCUT2D eigenvalue weighted by atomic mass is 9.95. The molecule has 2 N–H and O–H groups in total. The third kappa shape index (κ3) is 4.27. The summed E-state index contributed by atoms with van der Waals surface area (Å²) in [4.78, 5) is 16.3. The van der Waals surface area contributed by atoms with E-state index in [0.717, 1.165) is 25.0 Å². The highest BCUT2D eigenvalue weighted by Gasteiger charge is 2.16. The lowest BCUT2D eigenvalue weighted by Gasteiger charge is -2.11. The standard InChI is InChI=1S/C14H22N2O/c1-3-5-12(9-15)14(17)8-13-7-6-11(4-2)10-16-13/h6-7,10,12H,3-5,8-9,15H2,1-2H3. The molecule has 1 atom stereocenters. The second-order valence-corrected chi connectivity index (χ2v) is 4.38. The number of carbonyl (C=O) groups is 1. The van der Waals surface area contributed by atoms with Crippen LogP contribution >= 0.6 is 0 Å². The average molecular weight is 234 g/mol. The van der Waals surface area contributed by atoms with Gasteiger partial charge in [-0.1, -0.05) is 26.3 Å². The molecule has 0 radical (unpaired) electrons. The van der Waals surface area contributed by atoms with Crippen molar-refractivity contribution in [1.29, 1.82) is 0 Å². The first kappa shape index (κ1) is 13.8.